The maximum atomic E-state index is 5.60. The van der Waals surface area contributed by atoms with Crippen LogP contribution in [0.5, 0.6) is 5.75 Å². The van der Waals surface area contributed by atoms with E-state index in [1.54, 1.807) is 19.5 Å². The van der Waals surface area contributed by atoms with Crippen molar-refractivity contribution in [2.24, 2.45) is 5.73 Å². The summed E-state index contributed by atoms with van der Waals surface area (Å²) in [4.78, 5) is 4.02. The minimum absolute atomic E-state index is 0.271. The molecule has 1 aromatic rings. The number of nitrogens with zero attached hydrogens (tertiary/aromatic N) is 1. The highest BCUT2D eigenvalue weighted by molar-refractivity contribution is 9.10. The molecule has 3 nitrogen and oxygen atoms in total. The fraction of sp³-hybridized carbons (Fsp3) is 0.444. The Morgan fingerprint density at radius 2 is 2.31 bits per heavy atom. The normalized spacial score (nSPS) is 12.6. The quantitative estimate of drug-likeness (QED) is 0.884. The van der Waals surface area contributed by atoms with E-state index in [1.165, 1.54) is 0 Å². The van der Waals surface area contributed by atoms with Crippen LogP contribution < -0.4 is 10.5 Å². The SMILES string of the molecule is COc1cncc(Br)c1C(C)CN. The van der Waals surface area contributed by atoms with E-state index < -0.39 is 0 Å². The number of halogens is 1. The molecule has 0 aliphatic carbocycles. The van der Waals surface area contributed by atoms with Crippen LogP contribution in [0.4, 0.5) is 0 Å². The van der Waals surface area contributed by atoms with E-state index in [1.807, 2.05) is 0 Å². The monoisotopic (exact) mass is 244 g/mol. The molecule has 0 aliphatic heterocycles. The van der Waals surface area contributed by atoms with Gasteiger partial charge in [-0.3, -0.25) is 4.98 Å². The molecule has 0 saturated carbocycles. The molecule has 13 heavy (non-hydrogen) atoms. The summed E-state index contributed by atoms with van der Waals surface area (Å²) in [7, 11) is 1.64. The summed E-state index contributed by atoms with van der Waals surface area (Å²) >= 11 is 3.43. The van der Waals surface area contributed by atoms with Crippen LogP contribution in [0, 0.1) is 0 Å². The number of hydrogen-bond acceptors (Lipinski definition) is 3. The van der Waals surface area contributed by atoms with Gasteiger partial charge in [-0.15, -0.1) is 0 Å². The first-order valence-electron chi connectivity index (χ1n) is 4.08. The first-order valence-corrected chi connectivity index (χ1v) is 4.87. The highest BCUT2D eigenvalue weighted by Crippen LogP contribution is 2.31. The minimum Gasteiger partial charge on any atom is -0.495 e. The van der Waals surface area contributed by atoms with Crippen LogP contribution >= 0.6 is 15.9 Å². The van der Waals surface area contributed by atoms with Gasteiger partial charge in [0.1, 0.15) is 5.75 Å². The molecule has 0 aromatic carbocycles. The van der Waals surface area contributed by atoms with Crippen molar-refractivity contribution in [3.63, 3.8) is 0 Å². The Bertz CT molecular complexity index is 291. The van der Waals surface area contributed by atoms with Crippen LogP contribution in [0.2, 0.25) is 0 Å². The fourth-order valence-electron chi connectivity index (χ4n) is 1.19. The molecule has 1 rings (SSSR count). The van der Waals surface area contributed by atoms with E-state index >= 15 is 0 Å². The molecule has 0 bridgehead atoms. The Hall–Kier alpha value is -0.610. The number of methoxy groups -OCH3 is 1. The molecule has 0 aliphatic rings. The number of aromatic nitrogens is 1. The Balaban J connectivity index is 3.14. The van der Waals surface area contributed by atoms with Gasteiger partial charge in [0.2, 0.25) is 0 Å². The van der Waals surface area contributed by atoms with E-state index in [0.29, 0.717) is 6.54 Å². The number of rotatable bonds is 3. The van der Waals surface area contributed by atoms with Crippen LogP contribution in [0.3, 0.4) is 0 Å². The van der Waals surface area contributed by atoms with E-state index in [-0.39, 0.29) is 5.92 Å². The second kappa shape index (κ2) is 4.58. The molecule has 4 heteroatoms. The highest BCUT2D eigenvalue weighted by Gasteiger charge is 2.13. The summed E-state index contributed by atoms with van der Waals surface area (Å²) in [5.41, 5.74) is 6.68. The summed E-state index contributed by atoms with van der Waals surface area (Å²) < 4.78 is 6.15. The Kier molecular flexibility index (Phi) is 3.69. The van der Waals surface area contributed by atoms with Crippen molar-refractivity contribution in [2.45, 2.75) is 12.8 Å². The molecule has 0 saturated heterocycles. The number of hydrogen-bond donors (Lipinski definition) is 1. The predicted molar refractivity (Wildman–Crippen MR) is 56.0 cm³/mol. The third kappa shape index (κ3) is 2.19. The molecule has 72 valence electrons. The topological polar surface area (TPSA) is 48.1 Å². The van der Waals surface area contributed by atoms with Gasteiger partial charge in [0.05, 0.1) is 13.3 Å². The molecule has 1 atom stereocenters. The summed E-state index contributed by atoms with van der Waals surface area (Å²) in [6.45, 7) is 2.65. The predicted octanol–water partition coefficient (Wildman–Crippen LogP) is 1.91. The number of pyridine rings is 1. The van der Waals surface area contributed by atoms with Gasteiger partial charge in [0.25, 0.3) is 0 Å². The smallest absolute Gasteiger partial charge is 0.141 e. The van der Waals surface area contributed by atoms with Crippen LogP contribution in [-0.2, 0) is 0 Å². The molecular weight excluding hydrogens is 232 g/mol. The number of ether oxygens (including phenoxy) is 1. The first-order chi connectivity index (χ1) is 6.20. The Labute approximate surface area is 86.4 Å². The molecule has 0 radical (unpaired) electrons. The molecule has 1 aromatic heterocycles. The summed E-state index contributed by atoms with van der Waals surface area (Å²) in [6, 6.07) is 0. The van der Waals surface area contributed by atoms with Gasteiger partial charge < -0.3 is 10.5 Å². The third-order valence-electron chi connectivity index (χ3n) is 1.97. The third-order valence-corrected chi connectivity index (χ3v) is 2.60. The molecule has 2 N–H and O–H groups in total. The van der Waals surface area contributed by atoms with Gasteiger partial charge in [0.15, 0.2) is 0 Å². The van der Waals surface area contributed by atoms with Crippen molar-refractivity contribution in [3.05, 3.63) is 22.4 Å². The van der Waals surface area contributed by atoms with Gasteiger partial charge in [0, 0.05) is 16.2 Å². The van der Waals surface area contributed by atoms with Crippen molar-refractivity contribution in [1.82, 2.24) is 4.98 Å². The van der Waals surface area contributed by atoms with Crippen LogP contribution in [0.15, 0.2) is 16.9 Å². The molecule has 1 unspecified atom stereocenters. The van der Waals surface area contributed by atoms with Crippen LogP contribution in [0.25, 0.3) is 0 Å². The van der Waals surface area contributed by atoms with Crippen LogP contribution in [0.1, 0.15) is 18.4 Å². The average molecular weight is 245 g/mol. The lowest BCUT2D eigenvalue weighted by atomic mass is 10.0. The van der Waals surface area contributed by atoms with Crippen LogP contribution in [-0.4, -0.2) is 18.6 Å². The Morgan fingerprint density at radius 1 is 1.62 bits per heavy atom. The first kappa shape index (κ1) is 10.5. The van der Waals surface area contributed by atoms with Crippen molar-refractivity contribution in [2.75, 3.05) is 13.7 Å². The zero-order valence-electron chi connectivity index (χ0n) is 7.75. The Morgan fingerprint density at radius 3 is 2.85 bits per heavy atom. The van der Waals surface area contributed by atoms with E-state index in [4.69, 9.17) is 10.5 Å². The second-order valence-electron chi connectivity index (χ2n) is 2.87. The van der Waals surface area contributed by atoms with Gasteiger partial charge in [-0.1, -0.05) is 6.92 Å². The van der Waals surface area contributed by atoms with E-state index in [2.05, 4.69) is 27.8 Å². The zero-order valence-corrected chi connectivity index (χ0v) is 9.34. The van der Waals surface area contributed by atoms with E-state index in [9.17, 15) is 0 Å². The van der Waals surface area contributed by atoms with Crippen molar-refractivity contribution in [1.29, 1.82) is 0 Å². The average Bonchev–Trinajstić information content (AvgIpc) is 2.16. The molecule has 0 spiro atoms. The summed E-state index contributed by atoms with van der Waals surface area (Å²) in [6.07, 6.45) is 3.45. The molecule has 0 fully saturated rings. The van der Waals surface area contributed by atoms with Gasteiger partial charge in [-0.25, -0.2) is 0 Å². The second-order valence-corrected chi connectivity index (χ2v) is 3.73. The van der Waals surface area contributed by atoms with Crippen molar-refractivity contribution >= 4 is 15.9 Å². The molecule has 0 amide bonds. The lowest BCUT2D eigenvalue weighted by Crippen LogP contribution is -2.10. The molecule has 1 heterocycles. The zero-order chi connectivity index (χ0) is 9.84. The van der Waals surface area contributed by atoms with Crippen molar-refractivity contribution < 1.29 is 4.74 Å². The standard InChI is InChI=1S/C9H13BrN2O/c1-6(3-11)9-7(10)4-12-5-8(9)13-2/h4-6H,3,11H2,1-2H3. The maximum Gasteiger partial charge on any atom is 0.141 e. The lowest BCUT2D eigenvalue weighted by Gasteiger charge is -2.14. The van der Waals surface area contributed by atoms with Crippen molar-refractivity contribution in [3.8, 4) is 5.75 Å². The minimum atomic E-state index is 0.271. The lowest BCUT2D eigenvalue weighted by molar-refractivity contribution is 0.404. The largest absolute Gasteiger partial charge is 0.495 e. The van der Waals surface area contributed by atoms with Gasteiger partial charge in [-0.05, 0) is 28.4 Å². The summed E-state index contributed by atoms with van der Waals surface area (Å²) in [5.74, 6) is 1.06. The fourth-order valence-corrected chi connectivity index (χ4v) is 1.89. The van der Waals surface area contributed by atoms with Gasteiger partial charge in [-0.2, -0.15) is 0 Å². The molecular formula is C9H13BrN2O. The van der Waals surface area contributed by atoms with E-state index in [0.717, 1.165) is 15.8 Å². The highest BCUT2D eigenvalue weighted by atomic mass is 79.9. The number of nitrogens with two attached hydrogens (primary N) is 1. The summed E-state index contributed by atoms with van der Waals surface area (Å²) in [5, 5.41) is 0. The van der Waals surface area contributed by atoms with Gasteiger partial charge >= 0.3 is 0 Å². The maximum absolute atomic E-state index is 5.60.